The minimum Gasteiger partial charge on any atom is -0.0801 e. The van der Waals surface area contributed by atoms with E-state index in [1.807, 2.05) is 0 Å². The Morgan fingerprint density at radius 1 is 1.18 bits per heavy atom. The van der Waals surface area contributed by atoms with Crippen LogP contribution in [0.2, 0.25) is 0 Å². The summed E-state index contributed by atoms with van der Waals surface area (Å²) in [5, 5.41) is 0. The second-order valence-electron chi connectivity index (χ2n) is 3.09. The molecule has 0 spiro atoms. The molecule has 0 saturated heterocycles. The molecule has 0 unspecified atom stereocenters. The molecule has 0 atom stereocenters. The topological polar surface area (TPSA) is 0 Å². The Hall–Kier alpha value is -1.04. The first-order valence-corrected chi connectivity index (χ1v) is 4.10. The minimum atomic E-state index is 1.13. The van der Waals surface area contributed by atoms with Gasteiger partial charge in [0.15, 0.2) is 0 Å². The van der Waals surface area contributed by atoms with Gasteiger partial charge in [0, 0.05) is 0 Å². The zero-order valence-corrected chi connectivity index (χ0v) is 6.80. The van der Waals surface area contributed by atoms with E-state index in [1.54, 1.807) is 0 Å². The first-order chi connectivity index (χ1) is 5.38. The molecule has 0 N–H and O–H groups in total. The molecule has 56 valence electrons. The van der Waals surface area contributed by atoms with Gasteiger partial charge in [0.05, 0.1) is 0 Å². The van der Waals surface area contributed by atoms with Crippen molar-refractivity contribution in [3.05, 3.63) is 47.1 Å². The maximum atomic E-state index is 2.24. The van der Waals surface area contributed by atoms with Crippen LogP contribution in [-0.2, 0) is 0 Å². The first-order valence-electron chi connectivity index (χ1n) is 4.10. The van der Waals surface area contributed by atoms with Crippen molar-refractivity contribution in [3.8, 4) is 0 Å². The van der Waals surface area contributed by atoms with Crippen molar-refractivity contribution in [3.63, 3.8) is 0 Å². The van der Waals surface area contributed by atoms with Gasteiger partial charge in [-0.25, -0.2) is 0 Å². The normalized spacial score (nSPS) is 21.7. The quantitative estimate of drug-likeness (QED) is 0.530. The van der Waals surface area contributed by atoms with E-state index in [9.17, 15) is 0 Å². The lowest BCUT2D eigenvalue weighted by Crippen LogP contribution is -1.84. The third kappa shape index (κ3) is 1.09. The lowest BCUT2D eigenvalue weighted by Gasteiger charge is -2.03. The number of hydrogen-bond acceptors (Lipinski definition) is 0. The van der Waals surface area contributed by atoms with Crippen LogP contribution in [0.5, 0.6) is 0 Å². The van der Waals surface area contributed by atoms with Gasteiger partial charge in [0.1, 0.15) is 0 Å². The van der Waals surface area contributed by atoms with Gasteiger partial charge in [0.25, 0.3) is 0 Å². The van der Waals surface area contributed by atoms with Crippen molar-refractivity contribution in [2.45, 2.75) is 19.8 Å². The smallest absolute Gasteiger partial charge is 0.00888 e. The predicted octanol–water partition coefficient (Wildman–Crippen LogP) is 3.15. The average molecular weight is 144 g/mol. The van der Waals surface area contributed by atoms with Crippen LogP contribution < -0.4 is 0 Å². The van der Waals surface area contributed by atoms with E-state index in [4.69, 9.17) is 0 Å². The van der Waals surface area contributed by atoms with E-state index in [1.165, 1.54) is 16.7 Å². The molecular formula is C11H12. The number of rotatable bonds is 1. The largest absolute Gasteiger partial charge is 0.0801 e. The van der Waals surface area contributed by atoms with Crippen LogP contribution in [0.1, 0.15) is 19.8 Å². The summed E-state index contributed by atoms with van der Waals surface area (Å²) in [4.78, 5) is 0. The molecule has 0 radical (unpaired) electrons. The van der Waals surface area contributed by atoms with Gasteiger partial charge in [-0.2, -0.15) is 0 Å². The van der Waals surface area contributed by atoms with E-state index >= 15 is 0 Å². The second kappa shape index (κ2) is 2.54. The van der Waals surface area contributed by atoms with Crippen molar-refractivity contribution in [1.82, 2.24) is 0 Å². The summed E-state index contributed by atoms with van der Waals surface area (Å²) < 4.78 is 0. The second-order valence-corrected chi connectivity index (χ2v) is 3.09. The predicted molar refractivity (Wildman–Crippen MR) is 48.3 cm³/mol. The van der Waals surface area contributed by atoms with Crippen LogP contribution >= 0.6 is 0 Å². The van der Waals surface area contributed by atoms with Crippen LogP contribution in [0.15, 0.2) is 47.1 Å². The molecule has 2 rings (SSSR count). The molecule has 2 aliphatic rings. The Balaban J connectivity index is 2.25. The molecule has 0 aliphatic heterocycles. The maximum absolute atomic E-state index is 2.24. The summed E-state index contributed by atoms with van der Waals surface area (Å²) in [5.41, 5.74) is 4.49. The fourth-order valence-corrected chi connectivity index (χ4v) is 1.67. The molecule has 0 aromatic carbocycles. The van der Waals surface area contributed by atoms with Gasteiger partial charge < -0.3 is 0 Å². The van der Waals surface area contributed by atoms with Gasteiger partial charge in [-0.3, -0.25) is 0 Å². The summed E-state index contributed by atoms with van der Waals surface area (Å²) in [5.74, 6) is 0. The van der Waals surface area contributed by atoms with Crippen molar-refractivity contribution in [1.29, 1.82) is 0 Å². The molecule has 0 aromatic rings. The molecule has 0 amide bonds. The lowest BCUT2D eigenvalue weighted by molar-refractivity contribution is 1.16. The Kier molecular flexibility index (Phi) is 1.54. The molecule has 0 aromatic heterocycles. The molecule has 11 heavy (non-hydrogen) atoms. The van der Waals surface area contributed by atoms with Crippen molar-refractivity contribution < 1.29 is 0 Å². The highest BCUT2D eigenvalue weighted by molar-refractivity contribution is 5.48. The molecular weight excluding hydrogens is 132 g/mol. The zero-order valence-electron chi connectivity index (χ0n) is 6.80. The Morgan fingerprint density at radius 2 is 2.09 bits per heavy atom. The zero-order chi connectivity index (χ0) is 7.68. The molecule has 0 heterocycles. The summed E-state index contributed by atoms with van der Waals surface area (Å²) in [7, 11) is 0. The third-order valence-electron chi connectivity index (χ3n) is 2.32. The molecule has 0 nitrogen and oxygen atoms in total. The van der Waals surface area contributed by atoms with E-state index in [-0.39, 0.29) is 0 Å². The molecule has 0 heteroatoms. The Bertz CT molecular complexity index is 285. The fourth-order valence-electron chi connectivity index (χ4n) is 1.67. The van der Waals surface area contributed by atoms with Crippen LogP contribution in [0.25, 0.3) is 0 Å². The molecule has 0 saturated carbocycles. The van der Waals surface area contributed by atoms with Crippen LogP contribution in [0.4, 0.5) is 0 Å². The van der Waals surface area contributed by atoms with Gasteiger partial charge >= 0.3 is 0 Å². The number of hydrogen-bond donors (Lipinski definition) is 0. The van der Waals surface area contributed by atoms with E-state index in [0.29, 0.717) is 0 Å². The maximum Gasteiger partial charge on any atom is -0.00888 e. The van der Waals surface area contributed by atoms with E-state index < -0.39 is 0 Å². The van der Waals surface area contributed by atoms with Crippen molar-refractivity contribution in [2.75, 3.05) is 0 Å². The number of allylic oxidation sites excluding steroid dienone is 8. The summed E-state index contributed by atoms with van der Waals surface area (Å²) in [6.07, 6.45) is 13.3. The SMILES string of the molecule is CC1=C(C2=CC=CC2)CC=C1. The molecule has 0 fully saturated rings. The monoisotopic (exact) mass is 144 g/mol. The summed E-state index contributed by atoms with van der Waals surface area (Å²) in [6.45, 7) is 2.19. The lowest BCUT2D eigenvalue weighted by atomic mass is 10.0. The van der Waals surface area contributed by atoms with Crippen molar-refractivity contribution in [2.24, 2.45) is 0 Å². The van der Waals surface area contributed by atoms with Gasteiger partial charge in [0.2, 0.25) is 0 Å². The highest BCUT2D eigenvalue weighted by Gasteiger charge is 2.10. The highest BCUT2D eigenvalue weighted by atomic mass is 14.2. The Labute approximate surface area is 67.6 Å². The average Bonchev–Trinajstić information content (AvgIpc) is 2.55. The Morgan fingerprint density at radius 3 is 2.64 bits per heavy atom. The molecule has 2 aliphatic carbocycles. The standard InChI is InChI=1S/C11H12/c1-9-5-4-8-11(9)10-6-2-3-7-10/h2-6H,7-8H2,1H3. The van der Waals surface area contributed by atoms with Crippen LogP contribution in [0, 0.1) is 0 Å². The van der Waals surface area contributed by atoms with E-state index in [2.05, 4.69) is 37.3 Å². The highest BCUT2D eigenvalue weighted by Crippen LogP contribution is 2.29. The minimum absolute atomic E-state index is 1.13. The fraction of sp³-hybridized carbons (Fsp3) is 0.273. The van der Waals surface area contributed by atoms with Gasteiger partial charge in [-0.05, 0) is 36.5 Å². The van der Waals surface area contributed by atoms with Gasteiger partial charge in [-0.1, -0.05) is 30.4 Å². The van der Waals surface area contributed by atoms with E-state index in [0.717, 1.165) is 12.8 Å². The summed E-state index contributed by atoms with van der Waals surface area (Å²) in [6, 6.07) is 0. The van der Waals surface area contributed by atoms with Gasteiger partial charge in [-0.15, -0.1) is 0 Å². The van der Waals surface area contributed by atoms with Crippen LogP contribution in [0.3, 0.4) is 0 Å². The van der Waals surface area contributed by atoms with Crippen molar-refractivity contribution >= 4 is 0 Å². The first kappa shape index (κ1) is 6.66. The van der Waals surface area contributed by atoms with Crippen LogP contribution in [-0.4, -0.2) is 0 Å². The third-order valence-corrected chi connectivity index (χ3v) is 2.32. The summed E-state index contributed by atoms with van der Waals surface area (Å²) >= 11 is 0. The molecule has 0 bridgehead atoms.